The zero-order chi connectivity index (χ0) is 20.1. The van der Waals surface area contributed by atoms with Gasteiger partial charge in [0.25, 0.3) is 5.91 Å². The number of carbonyl (C=O) groups is 1. The summed E-state index contributed by atoms with van der Waals surface area (Å²) >= 11 is 0. The highest BCUT2D eigenvalue weighted by Gasteiger charge is 2.23. The van der Waals surface area contributed by atoms with Crippen molar-refractivity contribution in [3.8, 4) is 5.75 Å². The van der Waals surface area contributed by atoms with Gasteiger partial charge in [0.1, 0.15) is 18.0 Å². The molecular formula is C18H20F3N5O2. The number of carbonyl (C=O) groups excluding carboxylic acids is 1. The Bertz CT molecular complexity index is 859. The van der Waals surface area contributed by atoms with Gasteiger partial charge in [0.05, 0.1) is 12.7 Å². The van der Waals surface area contributed by atoms with E-state index in [2.05, 4.69) is 30.2 Å². The van der Waals surface area contributed by atoms with Gasteiger partial charge in [-0.25, -0.2) is 18.7 Å². The van der Waals surface area contributed by atoms with Crippen LogP contribution in [0.25, 0.3) is 0 Å². The van der Waals surface area contributed by atoms with Gasteiger partial charge in [-0.3, -0.25) is 4.79 Å². The fourth-order valence-electron chi connectivity index (χ4n) is 2.95. The second-order valence-electron chi connectivity index (χ2n) is 6.21. The monoisotopic (exact) mass is 395 g/mol. The summed E-state index contributed by atoms with van der Waals surface area (Å²) in [5.41, 5.74) is -0.630. The normalized spacial score (nSPS) is 13.5. The van der Waals surface area contributed by atoms with Gasteiger partial charge in [0.15, 0.2) is 17.4 Å². The molecule has 1 aliphatic rings. The van der Waals surface area contributed by atoms with E-state index in [0.717, 1.165) is 38.9 Å². The van der Waals surface area contributed by atoms with E-state index >= 15 is 0 Å². The number of methoxy groups -OCH3 is 1. The smallest absolute Gasteiger partial charge is 0.254 e. The number of hydrogen-bond donors (Lipinski definition) is 2. The molecule has 0 bridgehead atoms. The SMILES string of the molecule is COc1c(F)c(F)cc(C(=O)NCCNc2cc(N3CCCC3)ncn2)c1F. The van der Waals surface area contributed by atoms with Crippen molar-refractivity contribution < 1.29 is 22.7 Å². The Morgan fingerprint density at radius 2 is 1.89 bits per heavy atom. The maximum Gasteiger partial charge on any atom is 0.254 e. The van der Waals surface area contributed by atoms with Crippen LogP contribution >= 0.6 is 0 Å². The van der Waals surface area contributed by atoms with Crippen LogP contribution in [0, 0.1) is 17.5 Å². The lowest BCUT2D eigenvalue weighted by molar-refractivity contribution is 0.0949. The van der Waals surface area contributed by atoms with Gasteiger partial charge in [0, 0.05) is 32.2 Å². The first-order chi connectivity index (χ1) is 13.5. The fraction of sp³-hybridized carbons (Fsp3) is 0.389. The molecular weight excluding hydrogens is 375 g/mol. The number of hydrogen-bond acceptors (Lipinski definition) is 6. The number of amides is 1. The fourth-order valence-corrected chi connectivity index (χ4v) is 2.95. The zero-order valence-corrected chi connectivity index (χ0v) is 15.3. The number of halogens is 3. The van der Waals surface area contributed by atoms with Crippen molar-refractivity contribution in [1.29, 1.82) is 0 Å². The number of anilines is 2. The lowest BCUT2D eigenvalue weighted by Crippen LogP contribution is -2.30. The molecule has 0 radical (unpaired) electrons. The highest BCUT2D eigenvalue weighted by Crippen LogP contribution is 2.26. The molecule has 150 valence electrons. The van der Waals surface area contributed by atoms with Crippen molar-refractivity contribution in [2.24, 2.45) is 0 Å². The molecule has 28 heavy (non-hydrogen) atoms. The topological polar surface area (TPSA) is 79.4 Å². The quantitative estimate of drug-likeness (QED) is 0.554. The van der Waals surface area contributed by atoms with Gasteiger partial charge in [-0.2, -0.15) is 4.39 Å². The standard InChI is InChI=1S/C18H20F3N5O2/c1-28-17-15(20)11(8-12(19)16(17)21)18(27)23-5-4-22-13-9-14(25-10-24-13)26-6-2-3-7-26/h8-10H,2-7H2,1H3,(H,23,27)(H,22,24,25). The molecule has 0 saturated carbocycles. The largest absolute Gasteiger partial charge is 0.491 e. The minimum absolute atomic E-state index is 0.114. The lowest BCUT2D eigenvalue weighted by Gasteiger charge is -2.16. The summed E-state index contributed by atoms with van der Waals surface area (Å²) in [7, 11) is 0.991. The molecule has 1 aromatic carbocycles. The zero-order valence-electron chi connectivity index (χ0n) is 15.3. The van der Waals surface area contributed by atoms with E-state index < -0.39 is 34.7 Å². The average Bonchev–Trinajstić information content (AvgIpc) is 3.23. The van der Waals surface area contributed by atoms with Crippen molar-refractivity contribution in [1.82, 2.24) is 15.3 Å². The van der Waals surface area contributed by atoms with E-state index in [-0.39, 0.29) is 6.54 Å². The summed E-state index contributed by atoms with van der Waals surface area (Å²) in [6, 6.07) is 2.32. The van der Waals surface area contributed by atoms with E-state index in [0.29, 0.717) is 18.4 Å². The van der Waals surface area contributed by atoms with Crippen LogP contribution in [0.2, 0.25) is 0 Å². The molecule has 0 unspecified atom stereocenters. The second-order valence-corrected chi connectivity index (χ2v) is 6.21. The molecule has 2 N–H and O–H groups in total. The summed E-state index contributed by atoms with van der Waals surface area (Å²) in [5, 5.41) is 5.47. The number of rotatable bonds is 7. The summed E-state index contributed by atoms with van der Waals surface area (Å²) in [4.78, 5) is 22.6. The summed E-state index contributed by atoms with van der Waals surface area (Å²) in [6.45, 7) is 2.32. The summed E-state index contributed by atoms with van der Waals surface area (Å²) in [5.74, 6) is -4.48. The predicted molar refractivity (Wildman–Crippen MR) is 97.2 cm³/mol. The van der Waals surface area contributed by atoms with Gasteiger partial charge in [-0.1, -0.05) is 0 Å². The van der Waals surface area contributed by atoms with Gasteiger partial charge in [-0.15, -0.1) is 0 Å². The molecule has 10 heteroatoms. The number of nitrogens with one attached hydrogen (secondary N) is 2. The first-order valence-electron chi connectivity index (χ1n) is 8.81. The van der Waals surface area contributed by atoms with Crippen molar-refractivity contribution in [3.63, 3.8) is 0 Å². The maximum atomic E-state index is 14.1. The van der Waals surface area contributed by atoms with Gasteiger partial charge in [0.2, 0.25) is 5.82 Å². The van der Waals surface area contributed by atoms with Crippen molar-refractivity contribution >= 4 is 17.5 Å². The van der Waals surface area contributed by atoms with Crippen molar-refractivity contribution in [2.45, 2.75) is 12.8 Å². The highest BCUT2D eigenvalue weighted by atomic mass is 19.2. The second kappa shape index (κ2) is 8.77. The van der Waals surface area contributed by atoms with Crippen LogP contribution < -0.4 is 20.3 Å². The third-order valence-corrected chi connectivity index (χ3v) is 4.36. The number of nitrogens with zero attached hydrogens (tertiary/aromatic N) is 3. The van der Waals surface area contributed by atoms with Gasteiger partial charge in [-0.05, 0) is 18.9 Å². The van der Waals surface area contributed by atoms with Crippen LogP contribution in [0.5, 0.6) is 5.75 Å². The first kappa shape index (κ1) is 19.7. The molecule has 1 amide bonds. The molecule has 0 atom stereocenters. The Kier molecular flexibility index (Phi) is 6.17. The Morgan fingerprint density at radius 3 is 2.61 bits per heavy atom. The Labute approximate surface area is 159 Å². The molecule has 0 aliphatic carbocycles. The molecule has 2 heterocycles. The van der Waals surface area contributed by atoms with Gasteiger partial charge < -0.3 is 20.3 Å². The predicted octanol–water partition coefficient (Wildman–Crippen LogP) is 2.34. The highest BCUT2D eigenvalue weighted by molar-refractivity contribution is 5.95. The minimum Gasteiger partial charge on any atom is -0.491 e. The van der Waals surface area contributed by atoms with Gasteiger partial charge >= 0.3 is 0 Å². The van der Waals surface area contributed by atoms with E-state index in [1.165, 1.54) is 6.33 Å². The molecule has 1 saturated heterocycles. The van der Waals surface area contributed by atoms with Crippen LogP contribution in [-0.2, 0) is 0 Å². The molecule has 7 nitrogen and oxygen atoms in total. The van der Waals surface area contributed by atoms with Crippen LogP contribution in [0.3, 0.4) is 0 Å². The van der Waals surface area contributed by atoms with Crippen molar-refractivity contribution in [3.05, 3.63) is 41.5 Å². The van der Waals surface area contributed by atoms with E-state index in [4.69, 9.17) is 0 Å². The Morgan fingerprint density at radius 1 is 1.14 bits per heavy atom. The molecule has 1 fully saturated rings. The Balaban J connectivity index is 1.55. The van der Waals surface area contributed by atoms with Crippen LogP contribution in [0.1, 0.15) is 23.2 Å². The molecule has 1 aliphatic heterocycles. The van der Waals surface area contributed by atoms with Crippen LogP contribution in [-0.4, -0.2) is 49.2 Å². The summed E-state index contributed by atoms with van der Waals surface area (Å²) in [6.07, 6.45) is 3.71. The Hall–Kier alpha value is -3.04. The number of benzene rings is 1. The number of aromatic nitrogens is 2. The van der Waals surface area contributed by atoms with E-state index in [1.54, 1.807) is 0 Å². The van der Waals surface area contributed by atoms with Crippen molar-refractivity contribution in [2.75, 3.05) is 43.5 Å². The minimum atomic E-state index is -1.48. The third-order valence-electron chi connectivity index (χ3n) is 4.36. The molecule has 1 aromatic heterocycles. The van der Waals surface area contributed by atoms with Crippen LogP contribution in [0.4, 0.5) is 24.8 Å². The first-order valence-corrected chi connectivity index (χ1v) is 8.81. The van der Waals surface area contributed by atoms with E-state index in [1.807, 2.05) is 6.07 Å². The third kappa shape index (κ3) is 4.26. The average molecular weight is 395 g/mol. The molecule has 0 spiro atoms. The maximum absolute atomic E-state index is 14.1. The summed E-state index contributed by atoms with van der Waals surface area (Å²) < 4.78 is 45.5. The van der Waals surface area contributed by atoms with Crippen LogP contribution in [0.15, 0.2) is 18.5 Å². The number of ether oxygens (including phenoxy) is 1. The lowest BCUT2D eigenvalue weighted by atomic mass is 10.1. The molecule has 3 rings (SSSR count). The van der Waals surface area contributed by atoms with E-state index in [9.17, 15) is 18.0 Å². The molecule has 2 aromatic rings.